The SMILES string of the molecule is [CH2]CCCCCCCCC=CCCCCCCCCC. The molecule has 0 spiro atoms. The highest BCUT2D eigenvalue weighted by Gasteiger charge is 1.90. The third kappa shape index (κ3) is 17.7. The van der Waals surface area contributed by atoms with Crippen LogP contribution in [0.4, 0.5) is 0 Å². The topological polar surface area (TPSA) is 0 Å². The molecule has 20 heavy (non-hydrogen) atoms. The van der Waals surface area contributed by atoms with Crippen LogP contribution in [0.15, 0.2) is 12.2 Å². The molecule has 0 aromatic rings. The van der Waals surface area contributed by atoms with Crippen molar-refractivity contribution >= 4 is 0 Å². The molecule has 0 atom stereocenters. The van der Waals surface area contributed by atoms with Crippen LogP contribution in [0.1, 0.15) is 110 Å². The molecule has 0 heteroatoms. The van der Waals surface area contributed by atoms with Gasteiger partial charge in [-0.15, -0.1) is 0 Å². The fourth-order valence-corrected chi connectivity index (χ4v) is 2.60. The molecule has 119 valence electrons. The van der Waals surface area contributed by atoms with Crippen LogP contribution in [0.5, 0.6) is 0 Å². The van der Waals surface area contributed by atoms with Gasteiger partial charge in [-0.2, -0.15) is 0 Å². The van der Waals surface area contributed by atoms with Gasteiger partial charge in [-0.1, -0.05) is 103 Å². The van der Waals surface area contributed by atoms with Crippen molar-refractivity contribution in [1.82, 2.24) is 0 Å². The van der Waals surface area contributed by atoms with E-state index >= 15 is 0 Å². The molecule has 0 fully saturated rings. The van der Waals surface area contributed by atoms with Gasteiger partial charge < -0.3 is 0 Å². The summed E-state index contributed by atoms with van der Waals surface area (Å²) in [6.45, 7) is 6.17. The molecule has 0 saturated heterocycles. The summed E-state index contributed by atoms with van der Waals surface area (Å²) in [5.74, 6) is 0. The fourth-order valence-electron chi connectivity index (χ4n) is 2.60. The second-order valence-electron chi connectivity index (χ2n) is 6.14. The van der Waals surface area contributed by atoms with Crippen molar-refractivity contribution in [2.24, 2.45) is 0 Å². The number of hydrogen-bond acceptors (Lipinski definition) is 0. The number of unbranched alkanes of at least 4 members (excludes halogenated alkanes) is 14. The maximum Gasteiger partial charge on any atom is -0.0351 e. The molecule has 0 aromatic heterocycles. The predicted octanol–water partition coefficient (Wildman–Crippen LogP) is 7.64. The van der Waals surface area contributed by atoms with Crippen LogP contribution in [0.25, 0.3) is 0 Å². The van der Waals surface area contributed by atoms with E-state index in [1.807, 2.05) is 0 Å². The van der Waals surface area contributed by atoms with Crippen molar-refractivity contribution in [3.05, 3.63) is 19.1 Å². The first kappa shape index (κ1) is 19.7. The second-order valence-corrected chi connectivity index (χ2v) is 6.14. The van der Waals surface area contributed by atoms with Gasteiger partial charge in [-0.3, -0.25) is 0 Å². The van der Waals surface area contributed by atoms with Gasteiger partial charge >= 0.3 is 0 Å². The lowest BCUT2D eigenvalue weighted by Gasteiger charge is -1.99. The second kappa shape index (κ2) is 18.7. The highest BCUT2D eigenvalue weighted by atomic mass is 14.0. The molecule has 0 saturated carbocycles. The zero-order valence-corrected chi connectivity index (χ0v) is 14.2. The van der Waals surface area contributed by atoms with Gasteiger partial charge in [0.05, 0.1) is 0 Å². The molecule has 0 bridgehead atoms. The summed E-state index contributed by atoms with van der Waals surface area (Å²) in [7, 11) is 0. The van der Waals surface area contributed by atoms with E-state index in [1.165, 1.54) is 96.3 Å². The first-order valence-corrected chi connectivity index (χ1v) is 9.36. The summed E-state index contributed by atoms with van der Waals surface area (Å²) in [6, 6.07) is 0. The van der Waals surface area contributed by atoms with Crippen molar-refractivity contribution in [3.63, 3.8) is 0 Å². The van der Waals surface area contributed by atoms with Crippen molar-refractivity contribution in [2.45, 2.75) is 110 Å². The van der Waals surface area contributed by atoms with Gasteiger partial charge in [0.15, 0.2) is 0 Å². The first-order valence-electron chi connectivity index (χ1n) is 9.36. The fraction of sp³-hybridized carbons (Fsp3) is 0.850. The summed E-state index contributed by atoms with van der Waals surface area (Å²) in [6.07, 6.45) is 26.8. The monoisotopic (exact) mass is 279 g/mol. The van der Waals surface area contributed by atoms with Crippen LogP contribution in [-0.4, -0.2) is 0 Å². The Hall–Kier alpha value is -0.260. The molecule has 0 heterocycles. The van der Waals surface area contributed by atoms with Gasteiger partial charge in [0.25, 0.3) is 0 Å². The van der Waals surface area contributed by atoms with Gasteiger partial charge in [0.1, 0.15) is 0 Å². The predicted molar refractivity (Wildman–Crippen MR) is 94.0 cm³/mol. The molecule has 0 rings (SSSR count). The van der Waals surface area contributed by atoms with E-state index in [0.29, 0.717) is 0 Å². The van der Waals surface area contributed by atoms with Crippen LogP contribution >= 0.6 is 0 Å². The smallest absolute Gasteiger partial charge is 0.0351 e. The molecular formula is C20H39. The Kier molecular flexibility index (Phi) is 18.5. The van der Waals surface area contributed by atoms with Crippen LogP contribution in [-0.2, 0) is 0 Å². The van der Waals surface area contributed by atoms with Crippen LogP contribution in [0.2, 0.25) is 0 Å². The summed E-state index contributed by atoms with van der Waals surface area (Å²) >= 11 is 0. The zero-order chi connectivity index (χ0) is 14.7. The molecule has 0 aliphatic carbocycles. The average molecular weight is 280 g/mol. The Morgan fingerprint density at radius 3 is 1.40 bits per heavy atom. The minimum absolute atomic E-state index is 1.11. The minimum atomic E-state index is 1.11. The summed E-state index contributed by atoms with van der Waals surface area (Å²) in [5, 5.41) is 0. The standard InChI is InChI=1S/C20H39/c1-3-5-7-9-11-13-15-17-19-20-18-16-14-12-10-8-6-4-2/h19-20H,1,3-18H2,2H3. The Labute approximate surface area is 129 Å². The Balaban J connectivity index is 3.01. The largest absolute Gasteiger partial charge is 0.0885 e. The summed E-state index contributed by atoms with van der Waals surface area (Å²) in [4.78, 5) is 0. The quantitative estimate of drug-likeness (QED) is 0.201. The number of hydrogen-bond donors (Lipinski definition) is 0. The van der Waals surface area contributed by atoms with Crippen LogP contribution in [0.3, 0.4) is 0 Å². The normalized spacial score (nSPS) is 11.5. The van der Waals surface area contributed by atoms with Gasteiger partial charge in [-0.25, -0.2) is 0 Å². The highest BCUT2D eigenvalue weighted by Crippen LogP contribution is 2.10. The lowest BCUT2D eigenvalue weighted by atomic mass is 10.1. The van der Waals surface area contributed by atoms with Gasteiger partial charge in [0.2, 0.25) is 0 Å². The molecule has 0 unspecified atom stereocenters. The molecule has 0 nitrogen and oxygen atoms in total. The third-order valence-electron chi connectivity index (χ3n) is 4.01. The molecule has 0 amide bonds. The number of allylic oxidation sites excluding steroid dienone is 2. The van der Waals surface area contributed by atoms with E-state index < -0.39 is 0 Å². The zero-order valence-electron chi connectivity index (χ0n) is 14.2. The Bertz CT molecular complexity index is 160. The van der Waals surface area contributed by atoms with Crippen molar-refractivity contribution < 1.29 is 0 Å². The van der Waals surface area contributed by atoms with E-state index in [0.717, 1.165) is 6.42 Å². The van der Waals surface area contributed by atoms with Crippen LogP contribution in [0, 0.1) is 6.92 Å². The van der Waals surface area contributed by atoms with Crippen molar-refractivity contribution in [2.75, 3.05) is 0 Å². The lowest BCUT2D eigenvalue weighted by Crippen LogP contribution is -1.80. The van der Waals surface area contributed by atoms with E-state index in [-0.39, 0.29) is 0 Å². The Morgan fingerprint density at radius 2 is 0.950 bits per heavy atom. The molecule has 0 aromatic carbocycles. The summed E-state index contributed by atoms with van der Waals surface area (Å²) < 4.78 is 0. The minimum Gasteiger partial charge on any atom is -0.0885 e. The van der Waals surface area contributed by atoms with E-state index in [1.54, 1.807) is 0 Å². The lowest BCUT2D eigenvalue weighted by molar-refractivity contribution is 0.590. The van der Waals surface area contributed by atoms with E-state index in [9.17, 15) is 0 Å². The molecule has 0 aliphatic heterocycles. The highest BCUT2D eigenvalue weighted by molar-refractivity contribution is 4.81. The molecular weight excluding hydrogens is 240 g/mol. The molecule has 1 radical (unpaired) electrons. The number of rotatable bonds is 16. The van der Waals surface area contributed by atoms with Crippen LogP contribution < -0.4 is 0 Å². The van der Waals surface area contributed by atoms with E-state index in [4.69, 9.17) is 0 Å². The van der Waals surface area contributed by atoms with E-state index in [2.05, 4.69) is 26.0 Å². The van der Waals surface area contributed by atoms with Gasteiger partial charge in [-0.05, 0) is 25.7 Å². The van der Waals surface area contributed by atoms with Crippen molar-refractivity contribution in [3.8, 4) is 0 Å². The maximum absolute atomic E-state index is 3.88. The van der Waals surface area contributed by atoms with Gasteiger partial charge in [0, 0.05) is 0 Å². The Morgan fingerprint density at radius 1 is 0.550 bits per heavy atom. The third-order valence-corrected chi connectivity index (χ3v) is 4.01. The summed E-state index contributed by atoms with van der Waals surface area (Å²) in [5.41, 5.74) is 0. The van der Waals surface area contributed by atoms with Crippen molar-refractivity contribution in [1.29, 1.82) is 0 Å². The molecule has 0 aliphatic rings. The maximum atomic E-state index is 3.88. The first-order chi connectivity index (χ1) is 9.91. The molecule has 0 N–H and O–H groups in total. The average Bonchev–Trinajstić information content (AvgIpc) is 2.47.